The van der Waals surface area contributed by atoms with Gasteiger partial charge in [-0.15, -0.1) is 0 Å². The van der Waals surface area contributed by atoms with Gasteiger partial charge in [-0.05, 0) is 129 Å². The average Bonchev–Trinajstić information content (AvgIpc) is 3.62. The first kappa shape index (κ1) is 30.8. The number of aliphatic imine (C=N–C) groups is 4. The minimum Gasteiger partial charge on any atom is -0.265 e. The summed E-state index contributed by atoms with van der Waals surface area (Å²) in [4.78, 5) is 19.1. The zero-order valence-corrected chi connectivity index (χ0v) is 27.8. The van der Waals surface area contributed by atoms with Crippen molar-refractivity contribution >= 4 is 60.3 Å². The molecule has 0 heterocycles. The van der Waals surface area contributed by atoms with Crippen molar-refractivity contribution in [3.05, 3.63) is 179 Å². The van der Waals surface area contributed by atoms with Crippen molar-refractivity contribution in [3.63, 3.8) is 0 Å². The standard InChI is InChI=1S/C46H34N4/c1-5-30-8-12-32(13-9-30)28-49-36-18-22-40-38-20-16-34(47-4)24-42(38)46(44(40)26-36)43-25-35(48-7-3)17-21-39(43)41-23-19-37(27-45(41)46)50-29-33-14-10-31(6-2)11-15-33/h5-29H,1-2,4H2,3H3/b48-7+,49-28+,50-29+. The number of fused-ring (bicyclic) bond motifs is 10. The average molecular weight is 643 g/mol. The molecule has 8 rings (SSSR count). The Labute approximate surface area is 293 Å². The number of rotatable bonds is 8. The number of nitrogens with zero attached hydrogens (tertiary/aromatic N) is 4. The van der Waals surface area contributed by atoms with Gasteiger partial charge in [-0.1, -0.05) is 98.1 Å². The van der Waals surface area contributed by atoms with Gasteiger partial charge in [0.25, 0.3) is 0 Å². The fraction of sp³-hybridized carbons (Fsp3) is 0.0435. The van der Waals surface area contributed by atoms with E-state index in [1.807, 2.05) is 68.1 Å². The van der Waals surface area contributed by atoms with E-state index < -0.39 is 5.41 Å². The van der Waals surface area contributed by atoms with Gasteiger partial charge in [-0.25, -0.2) is 0 Å². The van der Waals surface area contributed by atoms with Gasteiger partial charge in [0.2, 0.25) is 0 Å². The van der Waals surface area contributed by atoms with E-state index >= 15 is 0 Å². The molecule has 0 N–H and O–H groups in total. The summed E-state index contributed by atoms with van der Waals surface area (Å²) >= 11 is 0. The molecule has 0 saturated carbocycles. The summed E-state index contributed by atoms with van der Waals surface area (Å²) in [5.41, 5.74) is 16.4. The normalized spacial score (nSPS) is 15.4. The summed E-state index contributed by atoms with van der Waals surface area (Å²) in [7, 11) is 0. The minimum atomic E-state index is -0.649. The van der Waals surface area contributed by atoms with Gasteiger partial charge < -0.3 is 0 Å². The van der Waals surface area contributed by atoms with Crippen LogP contribution in [0.3, 0.4) is 0 Å². The van der Waals surface area contributed by atoms with E-state index in [4.69, 9.17) is 15.0 Å². The Bertz CT molecular complexity index is 2350. The Morgan fingerprint density at radius 3 is 1.14 bits per heavy atom. The minimum absolute atomic E-state index is 0.649. The monoisotopic (exact) mass is 642 g/mol. The summed E-state index contributed by atoms with van der Waals surface area (Å²) < 4.78 is 0. The van der Waals surface area contributed by atoms with Crippen LogP contribution in [-0.2, 0) is 5.41 Å². The first-order valence-corrected chi connectivity index (χ1v) is 16.6. The zero-order chi connectivity index (χ0) is 34.2. The fourth-order valence-corrected chi connectivity index (χ4v) is 7.40. The fourth-order valence-electron chi connectivity index (χ4n) is 7.40. The highest BCUT2D eigenvalue weighted by atomic mass is 14.7. The van der Waals surface area contributed by atoms with Crippen molar-refractivity contribution in [3.8, 4) is 22.3 Å². The van der Waals surface area contributed by atoms with Crippen LogP contribution in [-0.4, -0.2) is 25.4 Å². The smallest absolute Gasteiger partial charge is 0.0728 e. The predicted molar refractivity (Wildman–Crippen MR) is 213 cm³/mol. The maximum absolute atomic E-state index is 4.98. The summed E-state index contributed by atoms with van der Waals surface area (Å²) in [5, 5.41) is 0. The molecule has 6 aromatic carbocycles. The molecule has 0 radical (unpaired) electrons. The first-order valence-electron chi connectivity index (χ1n) is 16.6. The summed E-state index contributed by atoms with van der Waals surface area (Å²) in [5.74, 6) is 0. The van der Waals surface area contributed by atoms with Gasteiger partial charge in [0.1, 0.15) is 0 Å². The molecular formula is C46H34N4. The molecule has 0 saturated heterocycles. The molecule has 1 unspecified atom stereocenters. The molecule has 50 heavy (non-hydrogen) atoms. The molecular weight excluding hydrogens is 609 g/mol. The molecule has 0 amide bonds. The van der Waals surface area contributed by atoms with E-state index in [1.165, 1.54) is 38.9 Å². The van der Waals surface area contributed by atoms with Gasteiger partial charge in [0.15, 0.2) is 0 Å². The second-order valence-corrected chi connectivity index (χ2v) is 12.5. The van der Waals surface area contributed by atoms with E-state index in [1.54, 1.807) is 0 Å². The van der Waals surface area contributed by atoms with E-state index in [0.29, 0.717) is 0 Å². The summed E-state index contributed by atoms with van der Waals surface area (Å²) in [6.45, 7) is 13.6. The van der Waals surface area contributed by atoms with Crippen LogP contribution < -0.4 is 0 Å². The molecule has 0 bridgehead atoms. The number of hydrogen-bond donors (Lipinski definition) is 0. The van der Waals surface area contributed by atoms with Gasteiger partial charge in [0, 0.05) is 18.6 Å². The number of hydrogen-bond acceptors (Lipinski definition) is 4. The lowest BCUT2D eigenvalue weighted by molar-refractivity contribution is 0.794. The van der Waals surface area contributed by atoms with Crippen molar-refractivity contribution < 1.29 is 0 Å². The SMILES string of the molecule is C=Cc1ccc(/C=N/c2ccc3c(c2)C2(c4cc(N=C)ccc4-3)c3cc(/N=C/C)ccc3-c3ccc(/N=C/c4ccc(C=C)cc4)cc32)cc1. The highest BCUT2D eigenvalue weighted by molar-refractivity contribution is 5.98. The van der Waals surface area contributed by atoms with Crippen LogP contribution in [0.25, 0.3) is 34.4 Å². The third-order valence-corrected chi connectivity index (χ3v) is 9.74. The molecule has 238 valence electrons. The topological polar surface area (TPSA) is 49.4 Å². The van der Waals surface area contributed by atoms with Crippen LogP contribution in [0.1, 0.15) is 51.4 Å². The Kier molecular flexibility index (Phi) is 7.70. The lowest BCUT2D eigenvalue weighted by Crippen LogP contribution is -2.25. The molecule has 0 aliphatic heterocycles. The second-order valence-electron chi connectivity index (χ2n) is 12.5. The highest BCUT2D eigenvalue weighted by Gasteiger charge is 2.52. The maximum Gasteiger partial charge on any atom is 0.0728 e. The van der Waals surface area contributed by atoms with Crippen molar-refractivity contribution in [2.45, 2.75) is 12.3 Å². The van der Waals surface area contributed by atoms with Gasteiger partial charge >= 0.3 is 0 Å². The molecule has 1 atom stereocenters. The maximum atomic E-state index is 4.98. The van der Waals surface area contributed by atoms with Gasteiger partial charge in [-0.2, -0.15) is 0 Å². The molecule has 0 fully saturated rings. The predicted octanol–water partition coefficient (Wildman–Crippen LogP) is 11.9. The quantitative estimate of drug-likeness (QED) is 0.148. The van der Waals surface area contributed by atoms with Gasteiger partial charge in [0.05, 0.1) is 28.2 Å². The van der Waals surface area contributed by atoms with E-state index in [0.717, 1.165) is 50.6 Å². The molecule has 1 spiro atoms. The molecule has 4 heteroatoms. The molecule has 2 aliphatic carbocycles. The summed E-state index contributed by atoms with van der Waals surface area (Å²) in [6.07, 6.45) is 9.37. The van der Waals surface area contributed by atoms with Crippen molar-refractivity contribution in [2.24, 2.45) is 20.0 Å². The second kappa shape index (κ2) is 12.5. The zero-order valence-electron chi connectivity index (χ0n) is 27.8. The van der Waals surface area contributed by atoms with E-state index in [2.05, 4.69) is 116 Å². The van der Waals surface area contributed by atoms with Crippen LogP contribution in [0.15, 0.2) is 154 Å². The Hall–Kier alpha value is -6.52. The summed E-state index contributed by atoms with van der Waals surface area (Å²) in [6, 6.07) is 42.5. The lowest BCUT2D eigenvalue weighted by Gasteiger charge is -2.31. The first-order chi connectivity index (χ1) is 24.5. The third kappa shape index (κ3) is 5.01. The highest BCUT2D eigenvalue weighted by Crippen LogP contribution is 2.64. The Balaban J connectivity index is 1.36. The van der Waals surface area contributed by atoms with E-state index in [-0.39, 0.29) is 0 Å². The van der Waals surface area contributed by atoms with Crippen LogP contribution >= 0.6 is 0 Å². The largest absolute Gasteiger partial charge is 0.265 e. The van der Waals surface area contributed by atoms with Crippen LogP contribution in [0.2, 0.25) is 0 Å². The van der Waals surface area contributed by atoms with Crippen LogP contribution in [0.4, 0.5) is 22.7 Å². The Morgan fingerprint density at radius 1 is 0.440 bits per heavy atom. The Morgan fingerprint density at radius 2 is 0.780 bits per heavy atom. The van der Waals surface area contributed by atoms with Gasteiger partial charge in [-0.3, -0.25) is 20.0 Å². The third-order valence-electron chi connectivity index (χ3n) is 9.74. The van der Waals surface area contributed by atoms with E-state index in [9.17, 15) is 0 Å². The molecule has 0 aromatic heterocycles. The van der Waals surface area contributed by atoms with Crippen molar-refractivity contribution in [1.29, 1.82) is 0 Å². The molecule has 6 aromatic rings. The number of benzene rings is 6. The lowest BCUT2D eigenvalue weighted by atomic mass is 9.70. The van der Waals surface area contributed by atoms with Crippen molar-refractivity contribution in [1.82, 2.24) is 0 Å². The van der Waals surface area contributed by atoms with Crippen LogP contribution in [0, 0.1) is 0 Å². The van der Waals surface area contributed by atoms with Crippen LogP contribution in [0.5, 0.6) is 0 Å². The molecule has 2 aliphatic rings. The van der Waals surface area contributed by atoms with Crippen molar-refractivity contribution in [2.75, 3.05) is 0 Å². The molecule has 4 nitrogen and oxygen atoms in total.